The molecule has 18 heavy (non-hydrogen) atoms. The quantitative estimate of drug-likeness (QED) is 0.890. The molecular formula is C14H17BrO3. The van der Waals surface area contributed by atoms with E-state index in [1.807, 2.05) is 19.9 Å². The van der Waals surface area contributed by atoms with Crippen LogP contribution in [0, 0.1) is 19.8 Å². The number of carboxylic acids is 1. The van der Waals surface area contributed by atoms with Crippen LogP contribution in [0.1, 0.15) is 41.9 Å². The lowest BCUT2D eigenvalue weighted by Crippen LogP contribution is -2.11. The van der Waals surface area contributed by atoms with Crippen LogP contribution >= 0.6 is 15.9 Å². The van der Waals surface area contributed by atoms with E-state index in [1.165, 1.54) is 0 Å². The number of carbonyl (C=O) groups is 1. The highest BCUT2D eigenvalue weighted by atomic mass is 79.9. The second-order valence-electron chi connectivity index (χ2n) is 5.10. The predicted molar refractivity (Wildman–Crippen MR) is 73.0 cm³/mol. The van der Waals surface area contributed by atoms with Crippen LogP contribution in [0.2, 0.25) is 0 Å². The molecule has 0 bridgehead atoms. The molecule has 3 nitrogen and oxygen atoms in total. The first-order chi connectivity index (χ1) is 8.41. The molecule has 0 spiro atoms. The van der Waals surface area contributed by atoms with Gasteiger partial charge in [-0.05, 0) is 65.7 Å². The number of hydrogen-bond donors (Lipinski definition) is 2. The third kappa shape index (κ3) is 2.53. The minimum atomic E-state index is -0.802. The maximum Gasteiger partial charge on any atom is 0.303 e. The van der Waals surface area contributed by atoms with Crippen molar-refractivity contribution in [2.45, 2.75) is 39.0 Å². The van der Waals surface area contributed by atoms with Crippen LogP contribution in [0.3, 0.4) is 0 Å². The minimum Gasteiger partial charge on any atom is -0.506 e. The molecule has 1 aromatic rings. The largest absolute Gasteiger partial charge is 0.506 e. The number of aromatic hydroxyl groups is 1. The minimum absolute atomic E-state index is 0.0706. The Morgan fingerprint density at radius 1 is 1.50 bits per heavy atom. The smallest absolute Gasteiger partial charge is 0.303 e. The zero-order chi connectivity index (χ0) is 13.4. The van der Waals surface area contributed by atoms with Crippen LogP contribution in [-0.4, -0.2) is 16.2 Å². The van der Waals surface area contributed by atoms with Gasteiger partial charge in [0.15, 0.2) is 0 Å². The first-order valence-corrected chi connectivity index (χ1v) is 6.91. The first kappa shape index (κ1) is 13.4. The number of phenols is 1. The van der Waals surface area contributed by atoms with Crippen molar-refractivity contribution in [2.24, 2.45) is 5.92 Å². The van der Waals surface area contributed by atoms with Crippen molar-refractivity contribution in [1.82, 2.24) is 0 Å². The second kappa shape index (κ2) is 4.92. The fourth-order valence-corrected chi connectivity index (χ4v) is 3.09. The third-order valence-corrected chi connectivity index (χ3v) is 4.38. The molecule has 4 heteroatoms. The Balaban J connectivity index is 2.49. The summed E-state index contributed by atoms with van der Waals surface area (Å²) in [5.74, 6) is -0.266. The molecule has 0 saturated heterocycles. The lowest BCUT2D eigenvalue weighted by molar-refractivity contribution is -0.137. The number of carboxylic acid groups (broad SMARTS) is 1. The Labute approximate surface area is 115 Å². The van der Waals surface area contributed by atoms with Crippen molar-refractivity contribution in [3.05, 3.63) is 27.2 Å². The van der Waals surface area contributed by atoms with Gasteiger partial charge in [-0.15, -0.1) is 0 Å². The van der Waals surface area contributed by atoms with Gasteiger partial charge in [-0.3, -0.25) is 4.79 Å². The molecule has 1 fully saturated rings. The van der Waals surface area contributed by atoms with Crippen molar-refractivity contribution in [1.29, 1.82) is 0 Å². The van der Waals surface area contributed by atoms with Gasteiger partial charge >= 0.3 is 5.97 Å². The fourth-order valence-electron chi connectivity index (χ4n) is 2.53. The van der Waals surface area contributed by atoms with Gasteiger partial charge in [0.25, 0.3) is 0 Å². The van der Waals surface area contributed by atoms with Gasteiger partial charge < -0.3 is 10.2 Å². The normalized spacial score (nSPS) is 16.6. The molecule has 1 aromatic carbocycles. The van der Waals surface area contributed by atoms with Crippen molar-refractivity contribution in [3.63, 3.8) is 0 Å². The van der Waals surface area contributed by atoms with E-state index >= 15 is 0 Å². The zero-order valence-electron chi connectivity index (χ0n) is 10.5. The molecular weight excluding hydrogens is 296 g/mol. The first-order valence-electron chi connectivity index (χ1n) is 6.12. The Morgan fingerprint density at radius 3 is 2.61 bits per heavy atom. The van der Waals surface area contributed by atoms with E-state index in [4.69, 9.17) is 5.11 Å². The average molecular weight is 313 g/mol. The summed E-state index contributed by atoms with van der Waals surface area (Å²) in [6.45, 7) is 3.93. The van der Waals surface area contributed by atoms with E-state index in [0.717, 1.165) is 29.5 Å². The predicted octanol–water partition coefficient (Wildman–Crippen LogP) is 3.74. The average Bonchev–Trinajstić information content (AvgIpc) is 3.08. The molecule has 0 heterocycles. The summed E-state index contributed by atoms with van der Waals surface area (Å²) in [6.07, 6.45) is 2.21. The third-order valence-electron chi connectivity index (χ3n) is 3.78. The lowest BCUT2D eigenvalue weighted by atomic mass is 9.85. The van der Waals surface area contributed by atoms with Gasteiger partial charge in [-0.2, -0.15) is 0 Å². The number of aliphatic carboxylic acids is 1. The molecule has 1 aliphatic rings. The van der Waals surface area contributed by atoms with Crippen LogP contribution in [-0.2, 0) is 4.79 Å². The van der Waals surface area contributed by atoms with E-state index in [2.05, 4.69) is 15.9 Å². The monoisotopic (exact) mass is 312 g/mol. The summed E-state index contributed by atoms with van der Waals surface area (Å²) < 4.78 is 0.650. The van der Waals surface area contributed by atoms with Crippen molar-refractivity contribution >= 4 is 21.9 Å². The standard InChI is InChI=1S/C14H17BrO3/c1-7-5-11(15)14(18)13(8(7)2)10(6-12(16)17)9-3-4-9/h5,9-10,18H,3-4,6H2,1-2H3,(H,16,17). The van der Waals surface area contributed by atoms with Gasteiger partial charge in [0.2, 0.25) is 0 Å². The highest BCUT2D eigenvalue weighted by Crippen LogP contribution is 2.49. The van der Waals surface area contributed by atoms with Crippen molar-refractivity contribution < 1.29 is 15.0 Å². The molecule has 98 valence electrons. The molecule has 1 unspecified atom stereocenters. The maximum atomic E-state index is 11.0. The van der Waals surface area contributed by atoms with Crippen LogP contribution in [0.25, 0.3) is 0 Å². The van der Waals surface area contributed by atoms with Crippen molar-refractivity contribution in [3.8, 4) is 5.75 Å². The molecule has 1 aliphatic carbocycles. The summed E-state index contributed by atoms with van der Waals surface area (Å²) >= 11 is 3.34. The highest BCUT2D eigenvalue weighted by molar-refractivity contribution is 9.10. The summed E-state index contributed by atoms with van der Waals surface area (Å²) in [4.78, 5) is 11.0. The van der Waals surface area contributed by atoms with Gasteiger partial charge in [-0.1, -0.05) is 0 Å². The van der Waals surface area contributed by atoms with Gasteiger partial charge in [0.05, 0.1) is 10.9 Å². The summed E-state index contributed by atoms with van der Waals surface area (Å²) in [5.41, 5.74) is 2.89. The van der Waals surface area contributed by atoms with Gasteiger partial charge in [-0.25, -0.2) is 0 Å². The molecule has 1 atom stereocenters. The van der Waals surface area contributed by atoms with E-state index in [1.54, 1.807) is 0 Å². The number of phenolic OH excluding ortho intramolecular Hbond substituents is 1. The lowest BCUT2D eigenvalue weighted by Gasteiger charge is -2.21. The SMILES string of the molecule is Cc1cc(Br)c(O)c(C(CC(=O)O)C2CC2)c1C. The van der Waals surface area contributed by atoms with E-state index in [0.29, 0.717) is 10.4 Å². The van der Waals surface area contributed by atoms with Crippen LogP contribution in [0.15, 0.2) is 10.5 Å². The topological polar surface area (TPSA) is 57.5 Å². The Kier molecular flexibility index (Phi) is 3.66. The summed E-state index contributed by atoms with van der Waals surface area (Å²) in [5, 5.41) is 19.3. The maximum absolute atomic E-state index is 11.0. The molecule has 2 N–H and O–H groups in total. The van der Waals surface area contributed by atoms with Gasteiger partial charge in [0.1, 0.15) is 5.75 Å². The fraction of sp³-hybridized carbons (Fsp3) is 0.500. The van der Waals surface area contributed by atoms with E-state index < -0.39 is 5.97 Å². The molecule has 0 amide bonds. The van der Waals surface area contributed by atoms with Crippen molar-refractivity contribution in [2.75, 3.05) is 0 Å². The van der Waals surface area contributed by atoms with Gasteiger partial charge in [0, 0.05) is 11.5 Å². The Morgan fingerprint density at radius 2 is 2.11 bits per heavy atom. The highest BCUT2D eigenvalue weighted by Gasteiger charge is 2.36. The summed E-state index contributed by atoms with van der Waals surface area (Å²) in [7, 11) is 0. The Bertz CT molecular complexity index is 466. The van der Waals surface area contributed by atoms with E-state index in [-0.39, 0.29) is 18.1 Å². The van der Waals surface area contributed by atoms with Crippen LogP contribution in [0.5, 0.6) is 5.75 Å². The number of rotatable bonds is 4. The number of benzene rings is 1. The second-order valence-corrected chi connectivity index (χ2v) is 5.96. The molecule has 0 aliphatic heterocycles. The molecule has 1 saturated carbocycles. The number of aryl methyl sites for hydroxylation is 1. The summed E-state index contributed by atoms with van der Waals surface area (Å²) in [6, 6.07) is 1.87. The van der Waals surface area contributed by atoms with Crippen LogP contribution < -0.4 is 0 Å². The zero-order valence-corrected chi connectivity index (χ0v) is 12.1. The molecule has 0 radical (unpaired) electrons. The number of halogens is 1. The molecule has 0 aromatic heterocycles. The Hall–Kier alpha value is -1.03. The number of hydrogen-bond acceptors (Lipinski definition) is 2. The van der Waals surface area contributed by atoms with Crippen LogP contribution in [0.4, 0.5) is 0 Å². The molecule has 2 rings (SSSR count). The van der Waals surface area contributed by atoms with E-state index in [9.17, 15) is 9.90 Å².